The molecule has 1 aromatic heterocycles. The van der Waals surface area contributed by atoms with E-state index in [0.29, 0.717) is 11.4 Å². The first-order valence-corrected chi connectivity index (χ1v) is 6.24. The van der Waals surface area contributed by atoms with Crippen LogP contribution >= 0.6 is 11.6 Å². The summed E-state index contributed by atoms with van der Waals surface area (Å²) in [5.41, 5.74) is 0.113. The lowest BCUT2D eigenvalue weighted by molar-refractivity contribution is 0.0697. The highest BCUT2D eigenvalue weighted by molar-refractivity contribution is 6.35. The van der Waals surface area contributed by atoms with E-state index < -0.39 is 11.5 Å². The number of carbonyl (C=O) groups is 1. The first-order valence-electron chi connectivity index (χ1n) is 5.86. The van der Waals surface area contributed by atoms with Gasteiger partial charge >= 0.3 is 5.97 Å². The van der Waals surface area contributed by atoms with Gasteiger partial charge in [-0.15, -0.1) is 0 Å². The number of carboxylic acid groups (broad SMARTS) is 1. The molecule has 1 heterocycles. The largest absolute Gasteiger partial charge is 0.490 e. The average molecular weight is 307 g/mol. The molecule has 2 N–H and O–H groups in total. The number of H-pyrrole nitrogens is 1. The van der Waals surface area contributed by atoms with E-state index in [1.165, 1.54) is 25.4 Å². The number of nitrogens with zero attached hydrogens (tertiary/aromatic N) is 1. The van der Waals surface area contributed by atoms with Crippen molar-refractivity contribution in [2.75, 3.05) is 7.11 Å². The van der Waals surface area contributed by atoms with Crippen molar-refractivity contribution in [3.63, 3.8) is 0 Å². The number of ether oxygens (including phenoxy) is 1. The van der Waals surface area contributed by atoms with E-state index in [9.17, 15) is 9.59 Å². The summed E-state index contributed by atoms with van der Waals surface area (Å²) in [5.74, 6) is -0.693. The third-order valence-electron chi connectivity index (χ3n) is 2.69. The Morgan fingerprint density at radius 2 is 2.19 bits per heavy atom. The molecule has 0 saturated heterocycles. The van der Waals surface area contributed by atoms with Crippen molar-refractivity contribution in [3.05, 3.63) is 56.7 Å². The Morgan fingerprint density at radius 3 is 2.81 bits per heavy atom. The SMILES string of the molecule is COc1cnc(/C=C/c2cccc(C(=O)O)c2Cl)[nH]c1=O. The summed E-state index contributed by atoms with van der Waals surface area (Å²) in [5, 5.41) is 9.11. The fourth-order valence-electron chi connectivity index (χ4n) is 1.64. The molecule has 2 rings (SSSR count). The zero-order valence-electron chi connectivity index (χ0n) is 11.0. The molecule has 0 aliphatic heterocycles. The number of hydrogen-bond donors (Lipinski definition) is 2. The minimum Gasteiger partial charge on any atom is -0.490 e. The van der Waals surface area contributed by atoms with E-state index >= 15 is 0 Å². The van der Waals surface area contributed by atoms with Gasteiger partial charge in [0.05, 0.1) is 23.9 Å². The summed E-state index contributed by atoms with van der Waals surface area (Å²) in [6.45, 7) is 0. The second-order valence-electron chi connectivity index (χ2n) is 4.01. The number of hydrogen-bond acceptors (Lipinski definition) is 4. The van der Waals surface area contributed by atoms with Gasteiger partial charge in [0.15, 0.2) is 0 Å². The predicted molar refractivity (Wildman–Crippen MR) is 78.7 cm³/mol. The Labute approximate surface area is 124 Å². The second kappa shape index (κ2) is 6.23. The Bertz CT molecular complexity index is 768. The van der Waals surface area contributed by atoms with E-state index in [2.05, 4.69) is 9.97 Å². The van der Waals surface area contributed by atoms with E-state index in [4.69, 9.17) is 21.4 Å². The standard InChI is InChI=1S/C14H11ClN2O4/c1-21-10-7-16-11(17-13(10)18)6-5-8-3-2-4-9(12(8)15)14(19)20/h2-7H,1H3,(H,19,20)(H,16,17,18)/b6-5+. The van der Waals surface area contributed by atoms with Crippen LogP contribution in [0.2, 0.25) is 5.02 Å². The molecule has 0 unspecified atom stereocenters. The topological polar surface area (TPSA) is 92.3 Å². The van der Waals surface area contributed by atoms with Gasteiger partial charge in [-0.3, -0.25) is 4.79 Å². The number of carboxylic acids is 1. The van der Waals surface area contributed by atoms with Gasteiger partial charge < -0.3 is 14.8 Å². The highest BCUT2D eigenvalue weighted by Crippen LogP contribution is 2.22. The summed E-state index contributed by atoms with van der Waals surface area (Å²) in [6, 6.07) is 4.65. The lowest BCUT2D eigenvalue weighted by Crippen LogP contribution is -2.11. The molecule has 7 heteroatoms. The van der Waals surface area contributed by atoms with Crippen molar-refractivity contribution < 1.29 is 14.6 Å². The lowest BCUT2D eigenvalue weighted by Gasteiger charge is -2.02. The van der Waals surface area contributed by atoms with Crippen LogP contribution in [0.5, 0.6) is 5.75 Å². The molecular formula is C14H11ClN2O4. The molecule has 0 atom stereocenters. The highest BCUT2D eigenvalue weighted by atomic mass is 35.5. The smallest absolute Gasteiger partial charge is 0.337 e. The van der Waals surface area contributed by atoms with Crippen molar-refractivity contribution in [2.24, 2.45) is 0 Å². The minimum absolute atomic E-state index is 0.00926. The maximum atomic E-state index is 11.5. The Kier molecular flexibility index (Phi) is 4.39. The number of nitrogens with one attached hydrogen (secondary N) is 1. The van der Waals surface area contributed by atoms with Gasteiger partial charge in [-0.2, -0.15) is 0 Å². The van der Waals surface area contributed by atoms with Crippen molar-refractivity contribution in [2.45, 2.75) is 0 Å². The van der Waals surface area contributed by atoms with Gasteiger partial charge in [0.2, 0.25) is 5.75 Å². The van der Waals surface area contributed by atoms with Crippen LogP contribution < -0.4 is 10.3 Å². The van der Waals surface area contributed by atoms with E-state index in [1.807, 2.05) is 0 Å². The second-order valence-corrected chi connectivity index (χ2v) is 4.39. The highest BCUT2D eigenvalue weighted by Gasteiger charge is 2.10. The van der Waals surface area contributed by atoms with Gasteiger partial charge in [0.25, 0.3) is 5.56 Å². The van der Waals surface area contributed by atoms with Crippen LogP contribution in [-0.4, -0.2) is 28.2 Å². The van der Waals surface area contributed by atoms with E-state index in [1.54, 1.807) is 18.2 Å². The summed E-state index contributed by atoms with van der Waals surface area (Å²) in [6.07, 6.45) is 4.39. The fraction of sp³-hybridized carbons (Fsp3) is 0.0714. The van der Waals surface area contributed by atoms with Crippen LogP contribution in [-0.2, 0) is 0 Å². The number of rotatable bonds is 4. The molecule has 0 fully saturated rings. The molecule has 0 amide bonds. The molecular weight excluding hydrogens is 296 g/mol. The molecule has 0 aliphatic carbocycles. The van der Waals surface area contributed by atoms with Crippen LogP contribution in [0, 0.1) is 0 Å². The summed E-state index contributed by atoms with van der Waals surface area (Å²) in [4.78, 5) is 29.0. The van der Waals surface area contributed by atoms with Gasteiger partial charge in [-0.05, 0) is 23.8 Å². The molecule has 108 valence electrons. The third kappa shape index (κ3) is 3.29. The molecule has 0 saturated carbocycles. The summed E-state index contributed by atoms with van der Waals surface area (Å²) < 4.78 is 4.81. The number of methoxy groups -OCH3 is 1. The average Bonchev–Trinajstić information content (AvgIpc) is 2.46. The third-order valence-corrected chi connectivity index (χ3v) is 3.11. The zero-order valence-corrected chi connectivity index (χ0v) is 11.7. The normalized spacial score (nSPS) is 10.8. The zero-order chi connectivity index (χ0) is 15.4. The van der Waals surface area contributed by atoms with Crippen LogP contribution in [0.3, 0.4) is 0 Å². The maximum Gasteiger partial charge on any atom is 0.337 e. The lowest BCUT2D eigenvalue weighted by atomic mass is 10.1. The number of aromatic nitrogens is 2. The van der Waals surface area contributed by atoms with E-state index in [-0.39, 0.29) is 16.3 Å². The molecule has 0 aliphatic rings. The van der Waals surface area contributed by atoms with Gasteiger partial charge in [-0.1, -0.05) is 23.7 Å². The van der Waals surface area contributed by atoms with Crippen LogP contribution in [0.25, 0.3) is 12.2 Å². The molecule has 2 aromatic rings. The van der Waals surface area contributed by atoms with Crippen molar-refractivity contribution in [3.8, 4) is 5.75 Å². The predicted octanol–water partition coefficient (Wildman–Crippen LogP) is 2.30. The van der Waals surface area contributed by atoms with Crippen molar-refractivity contribution >= 4 is 29.7 Å². The molecule has 0 spiro atoms. The Morgan fingerprint density at radius 1 is 1.43 bits per heavy atom. The number of benzene rings is 1. The molecule has 1 aromatic carbocycles. The Balaban J connectivity index is 2.34. The minimum atomic E-state index is -1.11. The van der Waals surface area contributed by atoms with Gasteiger partial charge in [0.1, 0.15) is 5.82 Å². The molecule has 21 heavy (non-hydrogen) atoms. The first-order chi connectivity index (χ1) is 10.0. The fourth-order valence-corrected chi connectivity index (χ4v) is 1.91. The monoisotopic (exact) mass is 306 g/mol. The molecule has 6 nitrogen and oxygen atoms in total. The van der Waals surface area contributed by atoms with Gasteiger partial charge in [-0.25, -0.2) is 9.78 Å². The Hall–Kier alpha value is -2.60. The van der Waals surface area contributed by atoms with Crippen LogP contribution in [0.4, 0.5) is 0 Å². The number of halogens is 1. The quantitative estimate of drug-likeness (QED) is 0.904. The van der Waals surface area contributed by atoms with E-state index in [0.717, 1.165) is 0 Å². The molecule has 0 bridgehead atoms. The molecule has 0 radical (unpaired) electrons. The van der Waals surface area contributed by atoms with Crippen molar-refractivity contribution in [1.82, 2.24) is 9.97 Å². The van der Waals surface area contributed by atoms with Gasteiger partial charge in [0, 0.05) is 0 Å². The maximum absolute atomic E-state index is 11.5. The summed E-state index contributed by atoms with van der Waals surface area (Å²) >= 11 is 6.00. The van der Waals surface area contributed by atoms with Crippen LogP contribution in [0.1, 0.15) is 21.7 Å². The first kappa shape index (κ1) is 14.8. The number of aromatic carboxylic acids is 1. The number of aromatic amines is 1. The summed E-state index contributed by atoms with van der Waals surface area (Å²) in [7, 11) is 1.37. The van der Waals surface area contributed by atoms with Crippen LogP contribution in [0.15, 0.2) is 29.2 Å². The van der Waals surface area contributed by atoms with Crippen molar-refractivity contribution in [1.29, 1.82) is 0 Å².